The first-order valence-corrected chi connectivity index (χ1v) is 17.7. The number of aromatic nitrogens is 3. The molecule has 0 radical (unpaired) electrons. The van der Waals surface area contributed by atoms with Gasteiger partial charge in [-0.05, 0) is 58.1 Å². The van der Waals surface area contributed by atoms with E-state index in [-0.39, 0.29) is 25.3 Å². The number of hydrogen-bond donors (Lipinski definition) is 3. The lowest BCUT2D eigenvalue weighted by atomic mass is 10.0. The number of carboxylic acid groups (broad SMARTS) is 1. The van der Waals surface area contributed by atoms with Crippen molar-refractivity contribution in [1.82, 2.24) is 30.5 Å². The Morgan fingerprint density at radius 3 is 2.43 bits per heavy atom. The standard InChI is InChI=1S/C39H46N6O6/c1-38(2,3)51-37(50)40-31-20-14-6-4-5-13-19-28-24-39(28,36(48)49)41-34(46)32-23-29(25-44(32)35(31)47)45-42-30(22-21-26-15-9-7-10-16-26)33(43-45)27-17-11-8-12-18-27/h7-13,15-19,21-22,28-29,31-32H,4-6,14,20,23-25H2,1-3H3,(H,40,50)(H,41,46)(H,48,49)/b19-13-,22-21+/t28-,29+,31+,32+,39-/m1/s1. The minimum absolute atomic E-state index is 0.0809. The minimum Gasteiger partial charge on any atom is -0.479 e. The maximum Gasteiger partial charge on any atom is 0.408 e. The number of fused-ring (bicyclic) bond motifs is 2. The van der Waals surface area contributed by atoms with E-state index in [0.717, 1.165) is 30.4 Å². The molecule has 1 saturated carbocycles. The van der Waals surface area contributed by atoms with Crippen LogP contribution in [-0.2, 0) is 19.1 Å². The minimum atomic E-state index is -1.44. The van der Waals surface area contributed by atoms with Crippen molar-refractivity contribution in [2.24, 2.45) is 5.92 Å². The molecule has 3 N–H and O–H groups in total. The predicted molar refractivity (Wildman–Crippen MR) is 192 cm³/mol. The molecule has 12 heteroatoms. The Labute approximate surface area is 297 Å². The van der Waals surface area contributed by atoms with Crippen LogP contribution in [0.5, 0.6) is 0 Å². The highest BCUT2D eigenvalue weighted by atomic mass is 16.6. The highest BCUT2D eigenvalue weighted by Gasteiger charge is 2.61. The number of hydrogen-bond acceptors (Lipinski definition) is 7. The third-order valence-electron chi connectivity index (χ3n) is 9.59. The van der Waals surface area contributed by atoms with E-state index in [1.807, 2.05) is 85.0 Å². The van der Waals surface area contributed by atoms with Gasteiger partial charge in [0, 0.05) is 24.4 Å². The smallest absolute Gasteiger partial charge is 0.408 e. The maximum absolute atomic E-state index is 14.4. The van der Waals surface area contributed by atoms with Gasteiger partial charge in [-0.15, -0.1) is 0 Å². The Kier molecular flexibility index (Phi) is 10.4. The second kappa shape index (κ2) is 14.9. The lowest BCUT2D eigenvalue weighted by molar-refractivity contribution is -0.145. The molecule has 2 aliphatic heterocycles. The second-order valence-corrected chi connectivity index (χ2v) is 14.6. The van der Waals surface area contributed by atoms with Crippen molar-refractivity contribution in [3.63, 3.8) is 0 Å². The van der Waals surface area contributed by atoms with Crippen LogP contribution in [0.2, 0.25) is 0 Å². The van der Waals surface area contributed by atoms with Gasteiger partial charge in [-0.25, -0.2) is 9.59 Å². The summed E-state index contributed by atoms with van der Waals surface area (Å²) in [6.07, 6.45) is 10.8. The predicted octanol–water partition coefficient (Wildman–Crippen LogP) is 5.63. The van der Waals surface area contributed by atoms with Gasteiger partial charge in [0.05, 0.1) is 6.04 Å². The quantitative estimate of drug-likeness (QED) is 0.281. The number of carbonyl (C=O) groups excluding carboxylic acids is 3. The Morgan fingerprint density at radius 2 is 1.73 bits per heavy atom. The Morgan fingerprint density at radius 1 is 1.00 bits per heavy atom. The molecule has 51 heavy (non-hydrogen) atoms. The van der Waals surface area contributed by atoms with Crippen molar-refractivity contribution in [2.45, 2.75) is 95.0 Å². The molecule has 0 unspecified atom stereocenters. The molecule has 12 nitrogen and oxygen atoms in total. The van der Waals surface area contributed by atoms with Gasteiger partial charge < -0.3 is 25.4 Å². The van der Waals surface area contributed by atoms with Gasteiger partial charge in [0.1, 0.15) is 34.6 Å². The Hall–Kier alpha value is -5.26. The van der Waals surface area contributed by atoms with Gasteiger partial charge in [0.25, 0.3) is 0 Å². The van der Waals surface area contributed by atoms with Gasteiger partial charge in [0.2, 0.25) is 11.8 Å². The topological polar surface area (TPSA) is 156 Å². The van der Waals surface area contributed by atoms with Crippen molar-refractivity contribution >= 4 is 36.0 Å². The molecule has 0 bridgehead atoms. The fraction of sp³-hybridized carbons (Fsp3) is 0.436. The van der Waals surface area contributed by atoms with E-state index in [9.17, 15) is 24.3 Å². The molecular weight excluding hydrogens is 648 g/mol. The first-order valence-electron chi connectivity index (χ1n) is 17.7. The summed E-state index contributed by atoms with van der Waals surface area (Å²) in [5, 5.41) is 25.6. The number of ether oxygens (including phenoxy) is 1. The second-order valence-electron chi connectivity index (χ2n) is 14.6. The Bertz CT molecular complexity index is 1800. The van der Waals surface area contributed by atoms with Crippen LogP contribution < -0.4 is 10.6 Å². The first kappa shape index (κ1) is 35.6. The van der Waals surface area contributed by atoms with Crippen LogP contribution in [0.1, 0.15) is 83.0 Å². The fourth-order valence-electron chi connectivity index (χ4n) is 6.85. The van der Waals surface area contributed by atoms with Crippen molar-refractivity contribution in [1.29, 1.82) is 0 Å². The molecule has 2 aromatic carbocycles. The number of carbonyl (C=O) groups is 4. The number of alkyl carbamates (subject to hydrolysis) is 1. The van der Waals surface area contributed by atoms with Crippen molar-refractivity contribution in [3.8, 4) is 11.3 Å². The normalized spacial score (nSPS) is 26.3. The van der Waals surface area contributed by atoms with Crippen molar-refractivity contribution in [3.05, 3.63) is 84.1 Å². The summed E-state index contributed by atoms with van der Waals surface area (Å²) in [6, 6.07) is 17.0. The van der Waals surface area contributed by atoms with Crippen molar-refractivity contribution in [2.75, 3.05) is 6.54 Å². The zero-order valence-electron chi connectivity index (χ0n) is 29.3. The summed E-state index contributed by atoms with van der Waals surface area (Å²) in [5.41, 5.74) is 0.896. The van der Waals surface area contributed by atoms with Crippen LogP contribution in [0.3, 0.4) is 0 Å². The summed E-state index contributed by atoms with van der Waals surface area (Å²) in [4.78, 5) is 57.0. The molecule has 268 valence electrons. The molecule has 3 heterocycles. The third kappa shape index (κ3) is 8.38. The molecule has 0 spiro atoms. The number of allylic oxidation sites excluding steroid dienone is 1. The number of benzene rings is 2. The van der Waals surface area contributed by atoms with Gasteiger partial charge in [-0.3, -0.25) is 9.59 Å². The van der Waals surface area contributed by atoms with Gasteiger partial charge in [-0.2, -0.15) is 15.0 Å². The number of carboxylic acids is 1. The van der Waals surface area contributed by atoms with E-state index < -0.39 is 53.1 Å². The average molecular weight is 695 g/mol. The highest BCUT2D eigenvalue weighted by Crippen LogP contribution is 2.45. The molecule has 5 atom stereocenters. The van der Waals surface area contributed by atoms with E-state index in [0.29, 0.717) is 24.2 Å². The lowest BCUT2D eigenvalue weighted by Gasteiger charge is -2.30. The lowest BCUT2D eigenvalue weighted by Crippen LogP contribution is -2.56. The van der Waals surface area contributed by atoms with Crippen LogP contribution in [0.4, 0.5) is 4.79 Å². The highest BCUT2D eigenvalue weighted by molar-refractivity contribution is 5.96. The zero-order valence-corrected chi connectivity index (χ0v) is 29.3. The summed E-state index contributed by atoms with van der Waals surface area (Å²) in [6.45, 7) is 5.32. The number of rotatable bonds is 6. The molecule has 6 rings (SSSR count). The molecule has 1 aromatic heterocycles. The van der Waals surface area contributed by atoms with Gasteiger partial charge in [0.15, 0.2) is 0 Å². The monoisotopic (exact) mass is 694 g/mol. The van der Waals surface area contributed by atoms with Gasteiger partial charge >= 0.3 is 12.1 Å². The van der Waals surface area contributed by atoms with E-state index in [1.54, 1.807) is 25.6 Å². The summed E-state index contributed by atoms with van der Waals surface area (Å²) < 4.78 is 5.50. The summed E-state index contributed by atoms with van der Waals surface area (Å²) >= 11 is 0. The number of aliphatic carboxylic acids is 1. The first-order chi connectivity index (χ1) is 24.4. The molecular formula is C39H46N6O6. The SMILES string of the molecule is CC(C)(C)OC(=O)N[C@H]1CCCCC/C=C\[C@@H]2C[C@@]2(C(=O)O)NC(=O)[C@@H]2C[C@H](n3nc(/C=C/c4ccccc4)c(-c4ccccc4)n3)CN2C1=O. The number of nitrogens with one attached hydrogen (secondary N) is 2. The van der Waals surface area contributed by atoms with Crippen LogP contribution in [-0.4, -0.2) is 78.6 Å². The third-order valence-corrected chi connectivity index (χ3v) is 9.59. The fourth-order valence-corrected chi connectivity index (χ4v) is 6.85. The van der Waals surface area contributed by atoms with Crippen LogP contribution in [0, 0.1) is 5.92 Å². The number of amides is 3. The molecule has 1 aliphatic carbocycles. The summed E-state index contributed by atoms with van der Waals surface area (Å²) in [7, 11) is 0. The van der Waals surface area contributed by atoms with E-state index >= 15 is 0 Å². The molecule has 2 fully saturated rings. The Balaban J connectivity index is 1.35. The molecule has 3 aliphatic rings. The molecule has 3 amide bonds. The van der Waals surface area contributed by atoms with Gasteiger partial charge in [-0.1, -0.05) is 91.7 Å². The average Bonchev–Trinajstić information content (AvgIpc) is 3.40. The molecule has 3 aromatic rings. The number of nitrogens with zero attached hydrogens (tertiary/aromatic N) is 4. The van der Waals surface area contributed by atoms with E-state index in [1.165, 1.54) is 4.90 Å². The van der Waals surface area contributed by atoms with E-state index in [2.05, 4.69) is 10.6 Å². The summed E-state index contributed by atoms with van der Waals surface area (Å²) in [5.74, 6) is -2.45. The van der Waals surface area contributed by atoms with Crippen LogP contribution in [0.25, 0.3) is 23.4 Å². The zero-order chi connectivity index (χ0) is 36.2. The largest absolute Gasteiger partial charge is 0.479 e. The van der Waals surface area contributed by atoms with E-state index in [4.69, 9.17) is 14.9 Å². The van der Waals surface area contributed by atoms with Crippen molar-refractivity contribution < 1.29 is 29.0 Å². The maximum atomic E-state index is 14.4. The molecule has 1 saturated heterocycles. The van der Waals surface area contributed by atoms with Crippen LogP contribution >= 0.6 is 0 Å². The van der Waals surface area contributed by atoms with Crippen LogP contribution in [0.15, 0.2) is 72.8 Å².